The van der Waals surface area contributed by atoms with E-state index in [4.69, 9.17) is 0 Å². The summed E-state index contributed by atoms with van der Waals surface area (Å²) in [7, 11) is 0. The third-order valence-electron chi connectivity index (χ3n) is 3.18. The SMILES string of the molecule is CC(C)Nc1ncc(CNCc2nc3ccccc3[nH]2)cn1. The van der Waals surface area contributed by atoms with Crippen LogP contribution in [-0.2, 0) is 13.1 Å². The highest BCUT2D eigenvalue weighted by Crippen LogP contribution is 2.10. The van der Waals surface area contributed by atoms with E-state index in [-0.39, 0.29) is 0 Å². The molecule has 0 spiro atoms. The zero-order valence-electron chi connectivity index (χ0n) is 12.8. The predicted octanol–water partition coefficient (Wildman–Crippen LogP) is 2.46. The van der Waals surface area contributed by atoms with E-state index in [0.29, 0.717) is 25.1 Å². The highest BCUT2D eigenvalue weighted by atomic mass is 15.1. The van der Waals surface area contributed by atoms with E-state index >= 15 is 0 Å². The predicted molar refractivity (Wildman–Crippen MR) is 87.4 cm³/mol. The molecule has 6 heteroatoms. The Kier molecular flexibility index (Phi) is 4.29. The van der Waals surface area contributed by atoms with Crippen LogP contribution >= 0.6 is 0 Å². The molecule has 0 aliphatic heterocycles. The van der Waals surface area contributed by atoms with Crippen LogP contribution in [0.15, 0.2) is 36.7 Å². The maximum absolute atomic E-state index is 4.53. The summed E-state index contributed by atoms with van der Waals surface area (Å²) < 4.78 is 0. The first-order chi connectivity index (χ1) is 10.7. The quantitative estimate of drug-likeness (QED) is 0.651. The van der Waals surface area contributed by atoms with Gasteiger partial charge in [0.15, 0.2) is 0 Å². The van der Waals surface area contributed by atoms with E-state index in [9.17, 15) is 0 Å². The largest absolute Gasteiger partial charge is 0.352 e. The van der Waals surface area contributed by atoms with Crippen molar-refractivity contribution in [2.45, 2.75) is 33.0 Å². The van der Waals surface area contributed by atoms with Crippen LogP contribution in [0.2, 0.25) is 0 Å². The van der Waals surface area contributed by atoms with Gasteiger partial charge in [-0.15, -0.1) is 0 Å². The lowest BCUT2D eigenvalue weighted by Crippen LogP contribution is -2.15. The molecule has 2 heterocycles. The molecule has 3 rings (SSSR count). The van der Waals surface area contributed by atoms with Crippen molar-refractivity contribution in [3.8, 4) is 0 Å². The molecule has 0 radical (unpaired) electrons. The van der Waals surface area contributed by atoms with Crippen LogP contribution in [0.1, 0.15) is 25.2 Å². The number of H-pyrrole nitrogens is 1. The van der Waals surface area contributed by atoms with Gasteiger partial charge in [-0.1, -0.05) is 12.1 Å². The molecule has 0 saturated carbocycles. The van der Waals surface area contributed by atoms with Gasteiger partial charge >= 0.3 is 0 Å². The first-order valence-corrected chi connectivity index (χ1v) is 7.42. The van der Waals surface area contributed by atoms with Gasteiger partial charge in [0, 0.05) is 30.5 Å². The monoisotopic (exact) mass is 296 g/mol. The molecule has 6 nitrogen and oxygen atoms in total. The molecule has 0 unspecified atom stereocenters. The number of nitrogens with zero attached hydrogens (tertiary/aromatic N) is 3. The fourth-order valence-electron chi connectivity index (χ4n) is 2.19. The van der Waals surface area contributed by atoms with Gasteiger partial charge in [-0.25, -0.2) is 15.0 Å². The number of rotatable bonds is 6. The van der Waals surface area contributed by atoms with Gasteiger partial charge < -0.3 is 15.6 Å². The molecular formula is C16H20N6. The zero-order valence-corrected chi connectivity index (χ0v) is 12.8. The van der Waals surface area contributed by atoms with Crippen molar-refractivity contribution in [3.63, 3.8) is 0 Å². The standard InChI is InChI=1S/C16H20N6/c1-11(2)20-16-18-8-12(9-19-16)7-17-10-15-21-13-5-3-4-6-14(13)22-15/h3-6,8-9,11,17H,7,10H2,1-2H3,(H,21,22)(H,18,19,20). The maximum Gasteiger partial charge on any atom is 0.222 e. The van der Waals surface area contributed by atoms with E-state index in [1.807, 2.05) is 36.7 Å². The van der Waals surface area contributed by atoms with E-state index in [1.54, 1.807) is 0 Å². The van der Waals surface area contributed by atoms with Crippen LogP contribution in [0.25, 0.3) is 11.0 Å². The number of para-hydroxylation sites is 2. The number of benzene rings is 1. The lowest BCUT2D eigenvalue weighted by Gasteiger charge is -2.08. The van der Waals surface area contributed by atoms with Crippen molar-refractivity contribution in [1.29, 1.82) is 0 Å². The Morgan fingerprint density at radius 2 is 1.86 bits per heavy atom. The maximum atomic E-state index is 4.53. The Morgan fingerprint density at radius 3 is 2.59 bits per heavy atom. The van der Waals surface area contributed by atoms with Crippen LogP contribution < -0.4 is 10.6 Å². The minimum atomic E-state index is 0.331. The van der Waals surface area contributed by atoms with Gasteiger partial charge in [-0.2, -0.15) is 0 Å². The minimum absolute atomic E-state index is 0.331. The molecular weight excluding hydrogens is 276 g/mol. The molecule has 0 aliphatic carbocycles. The number of hydrogen-bond donors (Lipinski definition) is 3. The molecule has 0 atom stereocenters. The Labute approximate surface area is 129 Å². The second kappa shape index (κ2) is 6.53. The second-order valence-electron chi connectivity index (χ2n) is 5.52. The molecule has 0 aliphatic rings. The van der Waals surface area contributed by atoms with Gasteiger partial charge in [0.25, 0.3) is 0 Å². The lowest BCUT2D eigenvalue weighted by atomic mass is 10.3. The first kappa shape index (κ1) is 14.5. The third-order valence-corrected chi connectivity index (χ3v) is 3.18. The van der Waals surface area contributed by atoms with Crippen LogP contribution in [0, 0.1) is 0 Å². The Hall–Kier alpha value is -2.47. The summed E-state index contributed by atoms with van der Waals surface area (Å²) >= 11 is 0. The Bertz CT molecular complexity index is 699. The molecule has 114 valence electrons. The van der Waals surface area contributed by atoms with Gasteiger partial charge in [-0.3, -0.25) is 0 Å². The van der Waals surface area contributed by atoms with Crippen LogP contribution in [0.5, 0.6) is 0 Å². The van der Waals surface area contributed by atoms with Crippen LogP contribution in [-0.4, -0.2) is 26.0 Å². The summed E-state index contributed by atoms with van der Waals surface area (Å²) in [5.74, 6) is 1.59. The zero-order chi connectivity index (χ0) is 15.4. The van der Waals surface area contributed by atoms with E-state index in [2.05, 4.69) is 44.4 Å². The van der Waals surface area contributed by atoms with Gasteiger partial charge in [0.2, 0.25) is 5.95 Å². The third kappa shape index (κ3) is 3.59. The van der Waals surface area contributed by atoms with E-state index in [1.165, 1.54) is 0 Å². The number of aromatic nitrogens is 4. The second-order valence-corrected chi connectivity index (χ2v) is 5.52. The molecule has 0 fully saturated rings. The lowest BCUT2D eigenvalue weighted by molar-refractivity contribution is 0.666. The number of imidazole rings is 1. The fourth-order valence-corrected chi connectivity index (χ4v) is 2.19. The van der Waals surface area contributed by atoms with Crippen molar-refractivity contribution in [2.24, 2.45) is 0 Å². The molecule has 3 N–H and O–H groups in total. The smallest absolute Gasteiger partial charge is 0.222 e. The van der Waals surface area contributed by atoms with Crippen molar-refractivity contribution >= 4 is 17.0 Å². The number of anilines is 1. The van der Waals surface area contributed by atoms with Crippen LogP contribution in [0.4, 0.5) is 5.95 Å². The van der Waals surface area contributed by atoms with E-state index < -0.39 is 0 Å². The average Bonchev–Trinajstić information content (AvgIpc) is 2.91. The topological polar surface area (TPSA) is 78.5 Å². The van der Waals surface area contributed by atoms with Crippen molar-refractivity contribution in [2.75, 3.05) is 5.32 Å². The number of nitrogens with one attached hydrogen (secondary N) is 3. The molecule has 2 aromatic heterocycles. The summed E-state index contributed by atoms with van der Waals surface area (Å²) in [5.41, 5.74) is 3.10. The summed E-state index contributed by atoms with van der Waals surface area (Å²) in [6, 6.07) is 8.35. The molecule has 1 aromatic carbocycles. The Balaban J connectivity index is 1.54. The molecule has 0 saturated heterocycles. The number of hydrogen-bond acceptors (Lipinski definition) is 5. The highest BCUT2D eigenvalue weighted by molar-refractivity contribution is 5.74. The first-order valence-electron chi connectivity index (χ1n) is 7.42. The molecule has 3 aromatic rings. The number of aromatic amines is 1. The molecule has 22 heavy (non-hydrogen) atoms. The summed E-state index contributed by atoms with van der Waals surface area (Å²) in [6.45, 7) is 5.51. The average molecular weight is 296 g/mol. The van der Waals surface area contributed by atoms with Crippen molar-refractivity contribution in [1.82, 2.24) is 25.3 Å². The fraction of sp³-hybridized carbons (Fsp3) is 0.312. The minimum Gasteiger partial charge on any atom is -0.352 e. The van der Waals surface area contributed by atoms with Gasteiger partial charge in [0.05, 0.1) is 17.6 Å². The van der Waals surface area contributed by atoms with Gasteiger partial charge in [-0.05, 0) is 26.0 Å². The van der Waals surface area contributed by atoms with Crippen molar-refractivity contribution in [3.05, 3.63) is 48.0 Å². The van der Waals surface area contributed by atoms with E-state index in [0.717, 1.165) is 22.4 Å². The molecule has 0 bridgehead atoms. The molecule has 0 amide bonds. The van der Waals surface area contributed by atoms with Crippen LogP contribution in [0.3, 0.4) is 0 Å². The van der Waals surface area contributed by atoms with Crippen molar-refractivity contribution < 1.29 is 0 Å². The normalized spacial score (nSPS) is 11.2. The highest BCUT2D eigenvalue weighted by Gasteiger charge is 2.02. The number of fused-ring (bicyclic) bond motifs is 1. The summed E-state index contributed by atoms with van der Waals surface area (Å²) in [6.07, 6.45) is 3.67. The Morgan fingerprint density at radius 1 is 1.09 bits per heavy atom. The summed E-state index contributed by atoms with van der Waals surface area (Å²) in [4.78, 5) is 16.4. The van der Waals surface area contributed by atoms with Gasteiger partial charge in [0.1, 0.15) is 5.82 Å². The summed E-state index contributed by atoms with van der Waals surface area (Å²) in [5, 5.41) is 6.52.